The van der Waals surface area contributed by atoms with E-state index in [1.807, 2.05) is 0 Å². The Morgan fingerprint density at radius 3 is 2.77 bits per heavy atom. The lowest BCUT2D eigenvalue weighted by atomic mass is 10.1. The fourth-order valence-electron chi connectivity index (χ4n) is 1.01. The third-order valence-corrected chi connectivity index (χ3v) is 1.67. The van der Waals surface area contributed by atoms with Crippen LogP contribution in [0.2, 0.25) is 0 Å². The number of rotatable bonds is 3. The molecule has 13 heavy (non-hydrogen) atoms. The molecule has 4 N–H and O–H groups in total. The summed E-state index contributed by atoms with van der Waals surface area (Å²) in [5.41, 5.74) is 11.4. The van der Waals surface area contributed by atoms with Crippen molar-refractivity contribution < 1.29 is 4.39 Å². The monoisotopic (exact) mass is 205 g/mol. The van der Waals surface area contributed by atoms with Gasteiger partial charge in [0, 0.05) is 17.8 Å². The van der Waals surface area contributed by atoms with Crippen molar-refractivity contribution in [1.82, 2.24) is 4.98 Å². The van der Waals surface area contributed by atoms with E-state index in [1.54, 1.807) is 12.1 Å². The fraction of sp³-hybridized carbons (Fsp3) is 0.375. The first-order chi connectivity index (χ1) is 5.75. The van der Waals surface area contributed by atoms with Crippen LogP contribution in [0.5, 0.6) is 0 Å². The topological polar surface area (TPSA) is 64.9 Å². The molecular weight excluding hydrogens is 193 g/mol. The van der Waals surface area contributed by atoms with Gasteiger partial charge in [0.2, 0.25) is 5.95 Å². The second-order valence-corrected chi connectivity index (χ2v) is 2.57. The Labute approximate surface area is 82.7 Å². The van der Waals surface area contributed by atoms with E-state index in [-0.39, 0.29) is 18.4 Å². The van der Waals surface area contributed by atoms with Crippen LogP contribution in [0.4, 0.5) is 4.39 Å². The van der Waals surface area contributed by atoms with E-state index in [0.717, 1.165) is 0 Å². The molecule has 1 aromatic heterocycles. The minimum atomic E-state index is -0.501. The number of halogens is 2. The lowest BCUT2D eigenvalue weighted by Gasteiger charge is -2.09. The fourth-order valence-corrected chi connectivity index (χ4v) is 1.01. The highest BCUT2D eigenvalue weighted by atomic mass is 35.5. The molecule has 0 amide bonds. The van der Waals surface area contributed by atoms with Gasteiger partial charge in [-0.2, -0.15) is 4.39 Å². The first-order valence-corrected chi connectivity index (χ1v) is 3.81. The quantitative estimate of drug-likeness (QED) is 0.724. The Hall–Kier alpha value is -0.710. The van der Waals surface area contributed by atoms with Gasteiger partial charge < -0.3 is 11.5 Å². The maximum atomic E-state index is 12.9. The van der Waals surface area contributed by atoms with Gasteiger partial charge in [-0.3, -0.25) is 0 Å². The molecule has 0 bridgehead atoms. The van der Waals surface area contributed by atoms with Gasteiger partial charge in [0.25, 0.3) is 0 Å². The number of nitrogens with two attached hydrogens (primary N) is 2. The number of hydrogen-bond acceptors (Lipinski definition) is 3. The van der Waals surface area contributed by atoms with Crippen LogP contribution in [-0.2, 0) is 0 Å². The molecule has 0 fully saturated rings. The highest BCUT2D eigenvalue weighted by molar-refractivity contribution is 5.85. The van der Waals surface area contributed by atoms with Crippen molar-refractivity contribution in [1.29, 1.82) is 0 Å². The summed E-state index contributed by atoms with van der Waals surface area (Å²) in [7, 11) is 0. The molecular formula is C8H13ClFN3. The van der Waals surface area contributed by atoms with E-state index in [1.165, 1.54) is 6.20 Å². The van der Waals surface area contributed by atoms with E-state index >= 15 is 0 Å². The van der Waals surface area contributed by atoms with Crippen molar-refractivity contribution in [3.8, 4) is 0 Å². The maximum absolute atomic E-state index is 12.9. The van der Waals surface area contributed by atoms with Gasteiger partial charge in [0.05, 0.1) is 0 Å². The standard InChI is InChI=1S/C8H12FN3.ClH/c9-8-6(2-1-5-12-8)7(11)3-4-10;/h1-2,5,7H,3-4,10-11H2;1H/t7-;/m1./s1. The molecule has 1 atom stereocenters. The summed E-state index contributed by atoms with van der Waals surface area (Å²) in [5.74, 6) is -0.501. The van der Waals surface area contributed by atoms with Crippen LogP contribution in [0.1, 0.15) is 18.0 Å². The largest absolute Gasteiger partial charge is 0.330 e. The number of nitrogens with zero attached hydrogens (tertiary/aromatic N) is 1. The zero-order chi connectivity index (χ0) is 8.97. The van der Waals surface area contributed by atoms with Gasteiger partial charge in [-0.1, -0.05) is 6.07 Å². The average Bonchev–Trinajstić information content (AvgIpc) is 2.05. The lowest BCUT2D eigenvalue weighted by Crippen LogP contribution is -2.16. The van der Waals surface area contributed by atoms with Gasteiger partial charge in [-0.15, -0.1) is 12.4 Å². The lowest BCUT2D eigenvalue weighted by molar-refractivity contribution is 0.535. The Bertz CT molecular complexity index is 257. The van der Waals surface area contributed by atoms with Crippen molar-refractivity contribution in [2.45, 2.75) is 12.5 Å². The Morgan fingerprint density at radius 2 is 2.23 bits per heavy atom. The van der Waals surface area contributed by atoms with Gasteiger partial charge in [-0.05, 0) is 19.0 Å². The number of pyridine rings is 1. The van der Waals surface area contributed by atoms with Crippen molar-refractivity contribution in [2.24, 2.45) is 11.5 Å². The molecule has 0 saturated heterocycles. The minimum absolute atomic E-state index is 0. The summed E-state index contributed by atoms with van der Waals surface area (Å²) in [5, 5.41) is 0. The molecule has 1 heterocycles. The first kappa shape index (κ1) is 12.3. The van der Waals surface area contributed by atoms with E-state index < -0.39 is 5.95 Å². The van der Waals surface area contributed by atoms with Crippen LogP contribution >= 0.6 is 12.4 Å². The van der Waals surface area contributed by atoms with Gasteiger partial charge in [-0.25, -0.2) is 4.98 Å². The van der Waals surface area contributed by atoms with E-state index in [0.29, 0.717) is 18.5 Å². The van der Waals surface area contributed by atoms with Crippen LogP contribution < -0.4 is 11.5 Å². The van der Waals surface area contributed by atoms with Crippen molar-refractivity contribution in [2.75, 3.05) is 6.54 Å². The van der Waals surface area contributed by atoms with Gasteiger partial charge >= 0.3 is 0 Å². The molecule has 0 unspecified atom stereocenters. The van der Waals surface area contributed by atoms with E-state index in [4.69, 9.17) is 11.5 Å². The molecule has 1 aromatic rings. The summed E-state index contributed by atoms with van der Waals surface area (Å²) in [4.78, 5) is 3.49. The van der Waals surface area contributed by atoms with Gasteiger partial charge in [0.1, 0.15) is 0 Å². The third kappa shape index (κ3) is 3.26. The summed E-state index contributed by atoms with van der Waals surface area (Å²) < 4.78 is 12.9. The second kappa shape index (κ2) is 5.85. The van der Waals surface area contributed by atoms with E-state index in [2.05, 4.69) is 4.98 Å². The summed E-state index contributed by atoms with van der Waals surface area (Å²) in [6, 6.07) is 2.95. The predicted octanol–water partition coefficient (Wildman–Crippen LogP) is 0.991. The molecule has 0 spiro atoms. The second-order valence-electron chi connectivity index (χ2n) is 2.57. The molecule has 0 saturated carbocycles. The molecule has 1 rings (SSSR count). The molecule has 0 aromatic carbocycles. The Balaban J connectivity index is 0.00000144. The Morgan fingerprint density at radius 1 is 1.54 bits per heavy atom. The summed E-state index contributed by atoms with van der Waals surface area (Å²) >= 11 is 0. The predicted molar refractivity (Wildman–Crippen MR) is 52.0 cm³/mol. The minimum Gasteiger partial charge on any atom is -0.330 e. The molecule has 0 aliphatic carbocycles. The number of hydrogen-bond donors (Lipinski definition) is 2. The highest BCUT2D eigenvalue weighted by Crippen LogP contribution is 2.14. The molecule has 74 valence electrons. The van der Waals surface area contributed by atoms with Crippen molar-refractivity contribution >= 4 is 12.4 Å². The van der Waals surface area contributed by atoms with Gasteiger partial charge in [0.15, 0.2) is 0 Å². The van der Waals surface area contributed by atoms with Crippen LogP contribution in [-0.4, -0.2) is 11.5 Å². The van der Waals surface area contributed by atoms with E-state index in [9.17, 15) is 4.39 Å². The molecule has 5 heteroatoms. The van der Waals surface area contributed by atoms with Crippen molar-refractivity contribution in [3.63, 3.8) is 0 Å². The average molecular weight is 206 g/mol. The van der Waals surface area contributed by atoms with Crippen LogP contribution in [0, 0.1) is 5.95 Å². The van der Waals surface area contributed by atoms with Crippen molar-refractivity contribution in [3.05, 3.63) is 29.8 Å². The zero-order valence-electron chi connectivity index (χ0n) is 7.11. The third-order valence-electron chi connectivity index (χ3n) is 1.67. The van der Waals surface area contributed by atoms with Crippen LogP contribution in [0.15, 0.2) is 18.3 Å². The summed E-state index contributed by atoms with van der Waals surface area (Å²) in [6.45, 7) is 0.454. The SMILES string of the molecule is Cl.NCC[C@@H](N)c1cccnc1F. The first-order valence-electron chi connectivity index (χ1n) is 3.81. The molecule has 3 nitrogen and oxygen atoms in total. The molecule has 0 aliphatic heterocycles. The Kier molecular flexibility index (Phi) is 5.53. The zero-order valence-corrected chi connectivity index (χ0v) is 7.93. The number of aromatic nitrogens is 1. The normalized spacial score (nSPS) is 11.9. The highest BCUT2D eigenvalue weighted by Gasteiger charge is 2.09. The van der Waals surface area contributed by atoms with Crippen LogP contribution in [0.25, 0.3) is 0 Å². The molecule has 0 radical (unpaired) electrons. The summed E-state index contributed by atoms with van der Waals surface area (Å²) in [6.07, 6.45) is 1.97. The molecule has 0 aliphatic rings. The maximum Gasteiger partial charge on any atom is 0.217 e. The smallest absolute Gasteiger partial charge is 0.217 e. The van der Waals surface area contributed by atoms with Crippen LogP contribution in [0.3, 0.4) is 0 Å².